The molecular formula is C20H20N2O2. The maximum Gasteiger partial charge on any atom is 0.246 e. The molecule has 1 amide bonds. The quantitative estimate of drug-likeness (QED) is 0.744. The third-order valence-electron chi connectivity index (χ3n) is 3.83. The van der Waals surface area contributed by atoms with E-state index < -0.39 is 6.04 Å². The molecule has 1 heterocycles. The molecule has 0 bridgehead atoms. The predicted octanol–water partition coefficient (Wildman–Crippen LogP) is 4.09. The van der Waals surface area contributed by atoms with Crippen LogP contribution in [0.15, 0.2) is 83.5 Å². The Morgan fingerprint density at radius 3 is 2.29 bits per heavy atom. The molecule has 0 aliphatic rings. The molecule has 0 unspecified atom stereocenters. The fourth-order valence-electron chi connectivity index (χ4n) is 2.71. The number of para-hydroxylation sites is 1. The van der Waals surface area contributed by atoms with Crippen LogP contribution in [-0.2, 0) is 11.3 Å². The second-order valence-electron chi connectivity index (χ2n) is 5.66. The topological polar surface area (TPSA) is 45.5 Å². The summed E-state index contributed by atoms with van der Waals surface area (Å²) in [5, 5.41) is 2.99. The van der Waals surface area contributed by atoms with E-state index in [0.717, 1.165) is 17.0 Å². The lowest BCUT2D eigenvalue weighted by molar-refractivity contribution is -0.121. The van der Waals surface area contributed by atoms with Crippen LogP contribution < -0.4 is 5.32 Å². The molecule has 3 aromatic rings. The van der Waals surface area contributed by atoms with Crippen LogP contribution >= 0.6 is 0 Å². The maximum atomic E-state index is 12.9. The Hall–Kier alpha value is -2.85. The van der Waals surface area contributed by atoms with Gasteiger partial charge in [-0.2, -0.15) is 0 Å². The van der Waals surface area contributed by atoms with Gasteiger partial charge in [0.25, 0.3) is 0 Å². The summed E-state index contributed by atoms with van der Waals surface area (Å²) >= 11 is 0. The maximum absolute atomic E-state index is 12.9. The van der Waals surface area contributed by atoms with E-state index in [0.29, 0.717) is 6.54 Å². The van der Waals surface area contributed by atoms with E-state index in [1.807, 2.05) is 84.7 Å². The van der Waals surface area contributed by atoms with E-state index in [1.54, 1.807) is 6.26 Å². The summed E-state index contributed by atoms with van der Waals surface area (Å²) in [6.07, 6.45) is 1.64. The van der Waals surface area contributed by atoms with Gasteiger partial charge in [0.2, 0.25) is 5.91 Å². The molecule has 1 N–H and O–H groups in total. The highest BCUT2D eigenvalue weighted by Crippen LogP contribution is 2.23. The van der Waals surface area contributed by atoms with Crippen molar-refractivity contribution >= 4 is 11.6 Å². The number of amides is 1. The number of likely N-dealkylation sites (N-methyl/N-ethyl adjacent to an activating group) is 1. The molecule has 0 saturated heterocycles. The first kappa shape index (κ1) is 16.0. The average molecular weight is 320 g/mol. The van der Waals surface area contributed by atoms with Crippen LogP contribution in [0.3, 0.4) is 0 Å². The van der Waals surface area contributed by atoms with E-state index in [-0.39, 0.29) is 5.91 Å². The van der Waals surface area contributed by atoms with Crippen molar-refractivity contribution in [2.24, 2.45) is 0 Å². The Kier molecular flexibility index (Phi) is 5.08. The van der Waals surface area contributed by atoms with E-state index in [4.69, 9.17) is 4.42 Å². The third-order valence-corrected chi connectivity index (χ3v) is 3.83. The van der Waals surface area contributed by atoms with Crippen LogP contribution in [0, 0.1) is 0 Å². The van der Waals surface area contributed by atoms with E-state index >= 15 is 0 Å². The zero-order valence-electron chi connectivity index (χ0n) is 13.6. The molecule has 1 atom stereocenters. The highest BCUT2D eigenvalue weighted by molar-refractivity contribution is 5.95. The fourth-order valence-corrected chi connectivity index (χ4v) is 2.71. The molecule has 4 nitrogen and oxygen atoms in total. The van der Waals surface area contributed by atoms with Crippen LogP contribution in [-0.4, -0.2) is 17.9 Å². The van der Waals surface area contributed by atoms with Crippen LogP contribution in [0.25, 0.3) is 0 Å². The largest absolute Gasteiger partial charge is 0.468 e. The highest BCUT2D eigenvalue weighted by atomic mass is 16.3. The average Bonchev–Trinajstić information content (AvgIpc) is 3.10. The number of nitrogens with zero attached hydrogens (tertiary/aromatic N) is 1. The summed E-state index contributed by atoms with van der Waals surface area (Å²) in [6, 6.07) is 22.6. The molecule has 0 saturated carbocycles. The summed E-state index contributed by atoms with van der Waals surface area (Å²) in [5.74, 6) is 0.757. The van der Waals surface area contributed by atoms with Crippen molar-refractivity contribution in [3.05, 3.63) is 90.4 Å². The second kappa shape index (κ2) is 7.62. The molecule has 0 aliphatic carbocycles. The Morgan fingerprint density at radius 2 is 1.67 bits per heavy atom. The fraction of sp³-hybridized carbons (Fsp3) is 0.150. The molecular weight excluding hydrogens is 300 g/mol. The minimum absolute atomic E-state index is 0.0681. The van der Waals surface area contributed by atoms with Crippen LogP contribution in [0.1, 0.15) is 17.4 Å². The van der Waals surface area contributed by atoms with Crippen molar-refractivity contribution in [2.75, 3.05) is 12.4 Å². The van der Waals surface area contributed by atoms with Gasteiger partial charge in [-0.25, -0.2) is 0 Å². The van der Waals surface area contributed by atoms with Gasteiger partial charge >= 0.3 is 0 Å². The second-order valence-corrected chi connectivity index (χ2v) is 5.66. The highest BCUT2D eigenvalue weighted by Gasteiger charge is 2.25. The predicted molar refractivity (Wildman–Crippen MR) is 94.4 cm³/mol. The van der Waals surface area contributed by atoms with Gasteiger partial charge in [-0.05, 0) is 36.9 Å². The van der Waals surface area contributed by atoms with Gasteiger partial charge in [0, 0.05) is 5.69 Å². The van der Waals surface area contributed by atoms with Crippen molar-refractivity contribution in [1.82, 2.24) is 4.90 Å². The van der Waals surface area contributed by atoms with Gasteiger partial charge in [-0.1, -0.05) is 48.5 Å². The summed E-state index contributed by atoms with van der Waals surface area (Å²) in [7, 11) is 1.92. The third kappa shape index (κ3) is 3.91. The molecule has 122 valence electrons. The van der Waals surface area contributed by atoms with Gasteiger partial charge in [0.15, 0.2) is 0 Å². The van der Waals surface area contributed by atoms with Gasteiger partial charge in [0.1, 0.15) is 11.8 Å². The van der Waals surface area contributed by atoms with E-state index in [2.05, 4.69) is 5.32 Å². The summed E-state index contributed by atoms with van der Waals surface area (Å²) in [6.45, 7) is 0.550. The van der Waals surface area contributed by atoms with Gasteiger partial charge in [0.05, 0.1) is 12.8 Å². The normalized spacial score (nSPS) is 12.1. The lowest BCUT2D eigenvalue weighted by Gasteiger charge is -2.27. The molecule has 2 aromatic carbocycles. The molecule has 0 aliphatic heterocycles. The molecule has 3 rings (SSSR count). The van der Waals surface area contributed by atoms with Gasteiger partial charge in [-0.3, -0.25) is 9.69 Å². The molecule has 0 fully saturated rings. The van der Waals surface area contributed by atoms with Gasteiger partial charge < -0.3 is 9.73 Å². The van der Waals surface area contributed by atoms with E-state index in [1.165, 1.54) is 0 Å². The van der Waals surface area contributed by atoms with Gasteiger partial charge in [-0.15, -0.1) is 0 Å². The first-order chi connectivity index (χ1) is 11.7. The van der Waals surface area contributed by atoms with Crippen molar-refractivity contribution in [1.29, 1.82) is 0 Å². The van der Waals surface area contributed by atoms with Crippen LogP contribution in [0.5, 0.6) is 0 Å². The Bertz CT molecular complexity index is 755. The number of carbonyl (C=O) groups is 1. The number of rotatable bonds is 6. The molecule has 4 heteroatoms. The smallest absolute Gasteiger partial charge is 0.246 e. The zero-order chi connectivity index (χ0) is 16.8. The summed E-state index contributed by atoms with van der Waals surface area (Å²) < 4.78 is 5.41. The number of anilines is 1. The molecule has 0 radical (unpaired) electrons. The number of hydrogen-bond acceptors (Lipinski definition) is 3. The monoisotopic (exact) mass is 320 g/mol. The standard InChI is InChI=1S/C20H20N2O2/c1-22(15-18-13-8-14-24-18)19(16-9-4-2-5-10-16)20(23)21-17-11-6-3-7-12-17/h2-14,19H,15H2,1H3,(H,21,23)/t19-/m0/s1. The number of benzene rings is 2. The Morgan fingerprint density at radius 1 is 1.00 bits per heavy atom. The molecule has 0 spiro atoms. The number of furan rings is 1. The number of carbonyl (C=O) groups excluding carboxylic acids is 1. The van der Waals surface area contributed by atoms with E-state index in [9.17, 15) is 4.79 Å². The Balaban J connectivity index is 1.83. The van der Waals surface area contributed by atoms with Crippen LogP contribution in [0.2, 0.25) is 0 Å². The van der Waals surface area contributed by atoms with Crippen LogP contribution in [0.4, 0.5) is 5.69 Å². The molecule has 24 heavy (non-hydrogen) atoms. The molecule has 1 aromatic heterocycles. The first-order valence-electron chi connectivity index (χ1n) is 7.87. The Labute approximate surface area is 141 Å². The minimum atomic E-state index is -0.406. The lowest BCUT2D eigenvalue weighted by atomic mass is 10.0. The summed E-state index contributed by atoms with van der Waals surface area (Å²) in [4.78, 5) is 14.9. The number of hydrogen-bond donors (Lipinski definition) is 1. The van der Waals surface area contributed by atoms with Crippen molar-refractivity contribution in [3.8, 4) is 0 Å². The number of nitrogens with one attached hydrogen (secondary N) is 1. The van der Waals surface area contributed by atoms with Crippen molar-refractivity contribution in [3.63, 3.8) is 0 Å². The lowest BCUT2D eigenvalue weighted by Crippen LogP contribution is -2.34. The first-order valence-corrected chi connectivity index (χ1v) is 7.87. The SMILES string of the molecule is CN(Cc1ccco1)[C@H](C(=O)Nc1ccccc1)c1ccccc1. The summed E-state index contributed by atoms with van der Waals surface area (Å²) in [5.41, 5.74) is 1.73. The van der Waals surface area contributed by atoms with Crippen molar-refractivity contribution < 1.29 is 9.21 Å². The zero-order valence-corrected chi connectivity index (χ0v) is 13.6. The minimum Gasteiger partial charge on any atom is -0.468 e. The van der Waals surface area contributed by atoms with Crippen molar-refractivity contribution in [2.45, 2.75) is 12.6 Å².